The van der Waals surface area contributed by atoms with E-state index in [9.17, 15) is 4.79 Å². The maximum absolute atomic E-state index is 11.8. The molecule has 0 unspecified atom stereocenters. The van der Waals surface area contributed by atoms with Crippen molar-refractivity contribution in [3.05, 3.63) is 38.3 Å². The number of hydrogen-bond donors (Lipinski definition) is 1. The Morgan fingerprint density at radius 1 is 1.55 bits per heavy atom. The predicted octanol–water partition coefficient (Wildman–Crippen LogP) is 3.20. The first-order chi connectivity index (χ1) is 9.45. The van der Waals surface area contributed by atoms with Crippen molar-refractivity contribution in [2.45, 2.75) is 13.8 Å². The van der Waals surface area contributed by atoms with Gasteiger partial charge in [-0.1, -0.05) is 11.6 Å². The summed E-state index contributed by atoms with van der Waals surface area (Å²) in [5, 5.41) is 0.639. The van der Waals surface area contributed by atoms with Crippen LogP contribution in [0.15, 0.2) is 18.2 Å². The van der Waals surface area contributed by atoms with Crippen LogP contribution in [0.25, 0.3) is 5.69 Å². The lowest BCUT2D eigenvalue weighted by molar-refractivity contribution is 0.0521. The smallest absolute Gasteiger partial charge is 0.360 e. The molecule has 0 saturated carbocycles. The largest absolute Gasteiger partial charge is 0.461 e. The molecule has 2 rings (SSSR count). The second kappa shape index (κ2) is 6.01. The molecule has 0 aliphatic rings. The molecule has 0 atom stereocenters. The number of rotatable bonds is 3. The number of imidazole rings is 1. The lowest BCUT2D eigenvalue weighted by Crippen LogP contribution is -2.10. The summed E-state index contributed by atoms with van der Waals surface area (Å²) < 4.78 is 7.57. The van der Waals surface area contributed by atoms with Crippen LogP contribution in [0.2, 0.25) is 5.02 Å². The molecule has 1 heterocycles. The highest BCUT2D eigenvalue weighted by Crippen LogP contribution is 2.27. The number of aryl methyl sites for hydroxylation is 1. The van der Waals surface area contributed by atoms with Gasteiger partial charge in [0.15, 0.2) is 5.69 Å². The minimum atomic E-state index is -0.518. The summed E-state index contributed by atoms with van der Waals surface area (Å²) in [5.41, 5.74) is 7.00. The van der Waals surface area contributed by atoms with Crippen LogP contribution in [0.3, 0.4) is 0 Å². The quantitative estimate of drug-likeness (QED) is 0.629. The Hall–Kier alpha value is -1.28. The molecule has 0 saturated heterocycles. The van der Waals surface area contributed by atoms with Gasteiger partial charge >= 0.3 is 5.97 Å². The summed E-state index contributed by atoms with van der Waals surface area (Å²) in [5.74, 6) is 0.364. The first kappa shape index (κ1) is 15.1. The average Bonchev–Trinajstić information content (AvgIpc) is 2.66. The summed E-state index contributed by atoms with van der Waals surface area (Å²) in [7, 11) is 0. The molecule has 0 aliphatic carbocycles. The van der Waals surface area contributed by atoms with E-state index in [0.717, 1.165) is 9.26 Å². The number of carbonyl (C=O) groups excluding carboxylic acids is 1. The number of nitrogens with two attached hydrogens (primary N) is 1. The van der Waals surface area contributed by atoms with E-state index in [1.807, 2.05) is 12.1 Å². The molecule has 0 fully saturated rings. The summed E-state index contributed by atoms with van der Waals surface area (Å²) >= 11 is 8.11. The zero-order valence-electron chi connectivity index (χ0n) is 11.0. The maximum atomic E-state index is 11.8. The number of nitrogens with zero attached hydrogens (tertiary/aromatic N) is 2. The number of anilines is 1. The first-order valence-electron chi connectivity index (χ1n) is 5.93. The third kappa shape index (κ3) is 2.76. The Morgan fingerprint density at radius 3 is 2.85 bits per heavy atom. The number of hydrogen-bond acceptors (Lipinski definition) is 4. The van der Waals surface area contributed by atoms with Crippen molar-refractivity contribution in [2.24, 2.45) is 0 Å². The SMILES string of the molecule is CCOC(=O)c1nc(C)n(-c2ccc(Cl)cc2I)c1N. The molecule has 1 aromatic heterocycles. The number of ether oxygens (including phenoxy) is 1. The summed E-state index contributed by atoms with van der Waals surface area (Å²) in [6.45, 7) is 3.80. The van der Waals surface area contributed by atoms with Crippen molar-refractivity contribution in [3.63, 3.8) is 0 Å². The Kier molecular flexibility index (Phi) is 4.54. The van der Waals surface area contributed by atoms with E-state index in [0.29, 0.717) is 10.8 Å². The molecule has 0 spiro atoms. The predicted molar refractivity (Wildman–Crippen MR) is 86.4 cm³/mol. The van der Waals surface area contributed by atoms with Gasteiger partial charge in [-0.05, 0) is 54.6 Å². The molecule has 2 N–H and O–H groups in total. The number of carbonyl (C=O) groups is 1. The number of esters is 1. The summed E-state index contributed by atoms with van der Waals surface area (Å²) in [4.78, 5) is 16.0. The maximum Gasteiger partial charge on any atom is 0.360 e. The normalized spacial score (nSPS) is 10.6. The van der Waals surface area contributed by atoms with Gasteiger partial charge in [-0.2, -0.15) is 0 Å². The lowest BCUT2D eigenvalue weighted by atomic mass is 10.3. The Balaban J connectivity index is 2.55. The van der Waals surface area contributed by atoms with Gasteiger partial charge in [0.25, 0.3) is 0 Å². The third-order valence-electron chi connectivity index (χ3n) is 2.70. The number of nitrogen functional groups attached to an aromatic ring is 1. The van der Waals surface area contributed by atoms with Gasteiger partial charge in [-0.3, -0.25) is 4.57 Å². The van der Waals surface area contributed by atoms with Gasteiger partial charge in [0.1, 0.15) is 11.6 Å². The van der Waals surface area contributed by atoms with E-state index in [-0.39, 0.29) is 18.1 Å². The van der Waals surface area contributed by atoms with Crippen LogP contribution >= 0.6 is 34.2 Å². The first-order valence-corrected chi connectivity index (χ1v) is 7.38. The zero-order valence-corrected chi connectivity index (χ0v) is 13.9. The third-order valence-corrected chi connectivity index (χ3v) is 3.80. The minimum absolute atomic E-state index is 0.134. The second-order valence-corrected chi connectivity index (χ2v) is 5.64. The van der Waals surface area contributed by atoms with Crippen LogP contribution in [0.5, 0.6) is 0 Å². The Labute approximate surface area is 135 Å². The van der Waals surface area contributed by atoms with Crippen LogP contribution in [-0.2, 0) is 4.74 Å². The highest BCUT2D eigenvalue weighted by molar-refractivity contribution is 14.1. The fourth-order valence-corrected chi connectivity index (χ4v) is 2.98. The van der Waals surface area contributed by atoms with Crippen LogP contribution in [0, 0.1) is 10.5 Å². The molecule has 0 amide bonds. The van der Waals surface area contributed by atoms with Crippen molar-refractivity contribution in [3.8, 4) is 5.69 Å². The fraction of sp³-hybridized carbons (Fsp3) is 0.231. The Morgan fingerprint density at radius 2 is 2.25 bits per heavy atom. The molecule has 0 aliphatic heterocycles. The van der Waals surface area contributed by atoms with Crippen LogP contribution < -0.4 is 5.73 Å². The highest BCUT2D eigenvalue weighted by atomic mass is 127. The van der Waals surface area contributed by atoms with E-state index in [2.05, 4.69) is 27.6 Å². The van der Waals surface area contributed by atoms with Crippen LogP contribution in [-0.4, -0.2) is 22.1 Å². The standard InChI is InChI=1S/C13H13ClIN3O2/c1-3-20-13(19)11-12(16)18(7(2)17-11)10-5-4-8(14)6-9(10)15/h4-6H,3,16H2,1-2H3. The van der Waals surface area contributed by atoms with E-state index < -0.39 is 5.97 Å². The molecule has 5 nitrogen and oxygen atoms in total. The molecule has 0 radical (unpaired) electrons. The summed E-state index contributed by atoms with van der Waals surface area (Å²) in [6.07, 6.45) is 0. The van der Waals surface area contributed by atoms with Gasteiger partial charge in [0.05, 0.1) is 12.3 Å². The molecule has 106 valence electrons. The van der Waals surface area contributed by atoms with E-state index in [1.54, 1.807) is 24.5 Å². The molecule has 20 heavy (non-hydrogen) atoms. The fourth-order valence-electron chi connectivity index (χ4n) is 1.87. The van der Waals surface area contributed by atoms with Crippen molar-refractivity contribution in [2.75, 3.05) is 12.3 Å². The van der Waals surface area contributed by atoms with Crippen LogP contribution in [0.1, 0.15) is 23.2 Å². The number of benzene rings is 1. The number of halogens is 2. The molecule has 2 aromatic rings. The molecule has 0 bridgehead atoms. The summed E-state index contributed by atoms with van der Waals surface area (Å²) in [6, 6.07) is 5.42. The van der Waals surface area contributed by atoms with E-state index >= 15 is 0 Å². The second-order valence-electron chi connectivity index (χ2n) is 4.04. The molecule has 7 heteroatoms. The van der Waals surface area contributed by atoms with Crippen molar-refractivity contribution in [1.82, 2.24) is 9.55 Å². The highest BCUT2D eigenvalue weighted by Gasteiger charge is 2.21. The van der Waals surface area contributed by atoms with Crippen molar-refractivity contribution in [1.29, 1.82) is 0 Å². The number of aromatic nitrogens is 2. The molecular formula is C13H13ClIN3O2. The van der Waals surface area contributed by atoms with E-state index in [4.69, 9.17) is 22.1 Å². The van der Waals surface area contributed by atoms with Crippen LogP contribution in [0.4, 0.5) is 5.82 Å². The monoisotopic (exact) mass is 405 g/mol. The zero-order chi connectivity index (χ0) is 14.9. The van der Waals surface area contributed by atoms with Crippen molar-refractivity contribution >= 4 is 46.0 Å². The minimum Gasteiger partial charge on any atom is -0.461 e. The molecular weight excluding hydrogens is 393 g/mol. The average molecular weight is 406 g/mol. The topological polar surface area (TPSA) is 70.1 Å². The van der Waals surface area contributed by atoms with E-state index in [1.165, 1.54) is 0 Å². The van der Waals surface area contributed by atoms with Gasteiger partial charge < -0.3 is 10.5 Å². The van der Waals surface area contributed by atoms with Gasteiger partial charge in [0, 0.05) is 8.59 Å². The lowest BCUT2D eigenvalue weighted by Gasteiger charge is -2.10. The Bertz CT molecular complexity index is 670. The van der Waals surface area contributed by atoms with Gasteiger partial charge in [-0.15, -0.1) is 0 Å². The van der Waals surface area contributed by atoms with Gasteiger partial charge in [-0.25, -0.2) is 9.78 Å². The van der Waals surface area contributed by atoms with Gasteiger partial charge in [0.2, 0.25) is 0 Å². The van der Waals surface area contributed by atoms with Crippen molar-refractivity contribution < 1.29 is 9.53 Å². The molecule has 1 aromatic carbocycles.